The van der Waals surface area contributed by atoms with Crippen LogP contribution < -0.4 is 11.1 Å². The summed E-state index contributed by atoms with van der Waals surface area (Å²) in [4.78, 5) is 11.4. The molecule has 0 aromatic heterocycles. The number of hydrogen-bond donors (Lipinski definition) is 3. The Balaban J connectivity index is 2.68. The summed E-state index contributed by atoms with van der Waals surface area (Å²) in [6.07, 6.45) is -0.627. The summed E-state index contributed by atoms with van der Waals surface area (Å²) < 4.78 is 18.8. The maximum Gasteiger partial charge on any atom is 0.407 e. The summed E-state index contributed by atoms with van der Waals surface area (Å²) in [6.45, 7) is 5.19. The molecule has 0 aliphatic heterocycles. The summed E-state index contributed by atoms with van der Waals surface area (Å²) in [5, 5.41) is 13.7. The molecule has 110 valence electrons. The summed E-state index contributed by atoms with van der Waals surface area (Å²) in [7, 11) is 0. The minimum atomic E-state index is -0.627. The van der Waals surface area contributed by atoms with Gasteiger partial charge in [-0.1, -0.05) is 17.3 Å². The topological polar surface area (TPSA) is 96.9 Å². The molecule has 0 heterocycles. The molecule has 0 aliphatic rings. The molecule has 0 spiro atoms. The Bertz CT molecular complexity index is 524. The molecule has 20 heavy (non-hydrogen) atoms. The van der Waals surface area contributed by atoms with E-state index in [1.165, 1.54) is 12.1 Å². The first-order chi connectivity index (χ1) is 9.23. The third-order valence-corrected chi connectivity index (χ3v) is 2.28. The number of ether oxygens (including phenoxy) is 1. The lowest BCUT2D eigenvalue weighted by atomic mass is 10.1. The lowest BCUT2D eigenvalue weighted by Crippen LogP contribution is -2.32. The Morgan fingerprint density at radius 1 is 1.50 bits per heavy atom. The van der Waals surface area contributed by atoms with Gasteiger partial charge < -0.3 is 21.0 Å². The van der Waals surface area contributed by atoms with Crippen molar-refractivity contribution in [3.8, 4) is 0 Å². The average Bonchev–Trinajstić information content (AvgIpc) is 2.34. The van der Waals surface area contributed by atoms with Gasteiger partial charge in [-0.15, -0.1) is 0 Å². The maximum absolute atomic E-state index is 13.8. The predicted octanol–water partition coefficient (Wildman–Crippen LogP) is 1.94. The van der Waals surface area contributed by atoms with E-state index in [9.17, 15) is 9.18 Å². The molecule has 1 rings (SSSR count). The summed E-state index contributed by atoms with van der Waals surface area (Å²) >= 11 is 0. The van der Waals surface area contributed by atoms with Gasteiger partial charge in [0.05, 0.1) is 0 Å². The zero-order valence-corrected chi connectivity index (χ0v) is 11.6. The van der Waals surface area contributed by atoms with Crippen LogP contribution in [0.2, 0.25) is 0 Å². The van der Waals surface area contributed by atoms with Crippen LogP contribution in [0.5, 0.6) is 0 Å². The van der Waals surface area contributed by atoms with E-state index in [2.05, 4.69) is 10.5 Å². The quantitative estimate of drug-likeness (QED) is 0.342. The molecule has 0 radical (unpaired) electrons. The molecule has 7 heteroatoms. The Kier molecular flexibility index (Phi) is 4.90. The maximum atomic E-state index is 13.8. The number of amides is 1. The van der Waals surface area contributed by atoms with Gasteiger partial charge in [-0.2, -0.15) is 0 Å². The monoisotopic (exact) mass is 283 g/mol. The number of amidine groups is 1. The van der Waals surface area contributed by atoms with Gasteiger partial charge in [0.15, 0.2) is 5.84 Å². The van der Waals surface area contributed by atoms with Crippen molar-refractivity contribution >= 4 is 11.9 Å². The first-order valence-electron chi connectivity index (χ1n) is 5.96. The minimum absolute atomic E-state index is 0.0167. The third-order valence-electron chi connectivity index (χ3n) is 2.28. The largest absolute Gasteiger partial charge is 0.444 e. The molecule has 0 bridgehead atoms. The number of nitrogens with one attached hydrogen (secondary N) is 1. The fourth-order valence-corrected chi connectivity index (χ4v) is 1.39. The van der Waals surface area contributed by atoms with Gasteiger partial charge in [-0.3, -0.25) is 0 Å². The number of rotatable bonds is 3. The highest BCUT2D eigenvalue weighted by Crippen LogP contribution is 2.11. The molecule has 0 unspecified atom stereocenters. The molecule has 4 N–H and O–H groups in total. The third kappa shape index (κ3) is 4.75. The van der Waals surface area contributed by atoms with E-state index >= 15 is 0 Å². The van der Waals surface area contributed by atoms with Crippen molar-refractivity contribution in [1.29, 1.82) is 0 Å². The standard InChI is InChI=1S/C13H18FN3O3/c1-13(2,3)20-12(18)16-7-9-5-4-8(6-10(9)14)11(15)17-19/h4-6,19H,7H2,1-3H3,(H2,15,17)(H,16,18). The lowest BCUT2D eigenvalue weighted by molar-refractivity contribution is 0.0523. The molecule has 0 saturated heterocycles. The van der Waals surface area contributed by atoms with Crippen LogP contribution in [0.1, 0.15) is 31.9 Å². The highest BCUT2D eigenvalue weighted by molar-refractivity contribution is 5.97. The highest BCUT2D eigenvalue weighted by atomic mass is 19.1. The van der Waals surface area contributed by atoms with E-state index in [1.54, 1.807) is 20.8 Å². The Morgan fingerprint density at radius 3 is 2.65 bits per heavy atom. The normalized spacial score (nSPS) is 12.1. The van der Waals surface area contributed by atoms with Gasteiger partial charge in [0, 0.05) is 17.7 Å². The predicted molar refractivity (Wildman–Crippen MR) is 72.0 cm³/mol. The first kappa shape index (κ1) is 15.7. The second-order valence-electron chi connectivity index (χ2n) is 5.15. The summed E-state index contributed by atoms with van der Waals surface area (Å²) in [6, 6.07) is 4.06. The van der Waals surface area contributed by atoms with Gasteiger partial charge in [-0.25, -0.2) is 9.18 Å². The molecule has 1 aromatic carbocycles. The Hall–Kier alpha value is -2.31. The van der Waals surface area contributed by atoms with Crippen molar-refractivity contribution < 1.29 is 19.1 Å². The van der Waals surface area contributed by atoms with Crippen LogP contribution in [0.3, 0.4) is 0 Å². The van der Waals surface area contributed by atoms with E-state index in [0.717, 1.165) is 6.07 Å². The van der Waals surface area contributed by atoms with Gasteiger partial charge in [0.1, 0.15) is 11.4 Å². The second-order valence-corrected chi connectivity index (χ2v) is 5.15. The van der Waals surface area contributed by atoms with Crippen LogP contribution in [0, 0.1) is 5.82 Å². The second kappa shape index (κ2) is 6.23. The van der Waals surface area contributed by atoms with E-state index in [-0.39, 0.29) is 23.5 Å². The van der Waals surface area contributed by atoms with Crippen molar-refractivity contribution in [2.75, 3.05) is 0 Å². The van der Waals surface area contributed by atoms with Crippen molar-refractivity contribution in [1.82, 2.24) is 5.32 Å². The molecular weight excluding hydrogens is 265 g/mol. The Morgan fingerprint density at radius 2 is 2.15 bits per heavy atom. The minimum Gasteiger partial charge on any atom is -0.444 e. The molecule has 1 amide bonds. The number of halogens is 1. The van der Waals surface area contributed by atoms with E-state index in [1.807, 2.05) is 0 Å². The van der Waals surface area contributed by atoms with Crippen LogP contribution >= 0.6 is 0 Å². The SMILES string of the molecule is CC(C)(C)OC(=O)NCc1ccc(C(N)=NO)cc1F. The van der Waals surface area contributed by atoms with E-state index in [4.69, 9.17) is 15.7 Å². The van der Waals surface area contributed by atoms with Crippen LogP contribution in [0.15, 0.2) is 23.4 Å². The zero-order chi connectivity index (χ0) is 15.3. The van der Waals surface area contributed by atoms with Crippen LogP contribution in [0.4, 0.5) is 9.18 Å². The van der Waals surface area contributed by atoms with E-state index < -0.39 is 17.5 Å². The van der Waals surface area contributed by atoms with Crippen molar-refractivity contribution in [2.45, 2.75) is 32.9 Å². The van der Waals surface area contributed by atoms with Gasteiger partial charge >= 0.3 is 6.09 Å². The number of carbonyl (C=O) groups is 1. The van der Waals surface area contributed by atoms with E-state index in [0.29, 0.717) is 0 Å². The van der Waals surface area contributed by atoms with Gasteiger partial charge in [0.25, 0.3) is 0 Å². The number of nitrogens with two attached hydrogens (primary N) is 1. The first-order valence-corrected chi connectivity index (χ1v) is 5.96. The Labute approximate surface area is 116 Å². The van der Waals surface area contributed by atoms with Crippen LogP contribution in [-0.4, -0.2) is 22.7 Å². The van der Waals surface area contributed by atoms with Gasteiger partial charge in [-0.05, 0) is 26.8 Å². The fourth-order valence-electron chi connectivity index (χ4n) is 1.39. The number of carbonyl (C=O) groups excluding carboxylic acids is 1. The van der Waals surface area contributed by atoms with Gasteiger partial charge in [0.2, 0.25) is 0 Å². The molecule has 6 nitrogen and oxygen atoms in total. The highest BCUT2D eigenvalue weighted by Gasteiger charge is 2.16. The summed E-state index contributed by atoms with van der Waals surface area (Å²) in [5.41, 5.74) is 5.26. The van der Waals surface area contributed by atoms with Crippen LogP contribution in [0.25, 0.3) is 0 Å². The number of oxime groups is 1. The van der Waals surface area contributed by atoms with Crippen molar-refractivity contribution in [2.24, 2.45) is 10.9 Å². The molecule has 1 aromatic rings. The number of benzene rings is 1. The van der Waals surface area contributed by atoms with Crippen LogP contribution in [-0.2, 0) is 11.3 Å². The molecule has 0 fully saturated rings. The average molecular weight is 283 g/mol. The molecule has 0 aliphatic carbocycles. The zero-order valence-electron chi connectivity index (χ0n) is 11.6. The molecule has 0 atom stereocenters. The molecular formula is C13H18FN3O3. The fraction of sp³-hybridized carbons (Fsp3) is 0.385. The van der Waals surface area contributed by atoms with Crippen molar-refractivity contribution in [3.63, 3.8) is 0 Å². The molecule has 0 saturated carbocycles. The number of alkyl carbamates (subject to hydrolysis) is 1. The number of hydrogen-bond acceptors (Lipinski definition) is 4. The number of nitrogens with zero attached hydrogens (tertiary/aromatic N) is 1. The lowest BCUT2D eigenvalue weighted by Gasteiger charge is -2.19. The summed E-state index contributed by atoms with van der Waals surface area (Å²) in [5.74, 6) is -0.749. The van der Waals surface area contributed by atoms with Crippen molar-refractivity contribution in [3.05, 3.63) is 35.1 Å². The smallest absolute Gasteiger partial charge is 0.407 e.